The summed E-state index contributed by atoms with van der Waals surface area (Å²) in [4.78, 5) is 21.5. The molecular formula is C12H17N3O4. The van der Waals surface area contributed by atoms with Gasteiger partial charge in [0.1, 0.15) is 11.8 Å². The van der Waals surface area contributed by atoms with Crippen LogP contribution in [0.2, 0.25) is 0 Å². The third-order valence-electron chi connectivity index (χ3n) is 2.54. The number of nitro groups is 1. The van der Waals surface area contributed by atoms with Crippen molar-refractivity contribution in [2.24, 2.45) is 11.5 Å². The van der Waals surface area contributed by atoms with Crippen LogP contribution in [0.15, 0.2) is 24.3 Å². The smallest absolute Gasteiger partial charge is 0.328 e. The second-order valence-corrected chi connectivity index (χ2v) is 4.06. The van der Waals surface area contributed by atoms with Gasteiger partial charge in [0.15, 0.2) is 0 Å². The van der Waals surface area contributed by atoms with Crippen LogP contribution in [0.5, 0.6) is 5.75 Å². The summed E-state index contributed by atoms with van der Waals surface area (Å²) in [6.07, 6.45) is 2.06. The van der Waals surface area contributed by atoms with Crippen LogP contribution in [0.3, 0.4) is 0 Å². The van der Waals surface area contributed by atoms with Gasteiger partial charge in [-0.2, -0.15) is 0 Å². The lowest BCUT2D eigenvalue weighted by atomic mass is 10.1. The van der Waals surface area contributed by atoms with Gasteiger partial charge in [0.25, 0.3) is 5.69 Å². The summed E-state index contributed by atoms with van der Waals surface area (Å²) < 4.78 is 5.02. The monoisotopic (exact) mass is 267 g/mol. The third kappa shape index (κ3) is 5.02. The van der Waals surface area contributed by atoms with Gasteiger partial charge in [0.2, 0.25) is 0 Å². The van der Waals surface area contributed by atoms with Crippen LogP contribution >= 0.6 is 0 Å². The van der Waals surface area contributed by atoms with E-state index in [4.69, 9.17) is 16.2 Å². The SMILES string of the molecule is NCCCCC(N)C(=O)Oc1ccc([N+](=O)[O-])cc1. The minimum absolute atomic E-state index is 0.0629. The zero-order chi connectivity index (χ0) is 14.3. The Balaban J connectivity index is 2.49. The van der Waals surface area contributed by atoms with E-state index in [1.807, 2.05) is 0 Å². The van der Waals surface area contributed by atoms with Gasteiger partial charge in [0, 0.05) is 12.1 Å². The van der Waals surface area contributed by atoms with Gasteiger partial charge in [-0.3, -0.25) is 10.1 Å². The normalized spacial score (nSPS) is 11.9. The number of hydrogen-bond donors (Lipinski definition) is 2. The van der Waals surface area contributed by atoms with Crippen molar-refractivity contribution in [1.29, 1.82) is 0 Å². The van der Waals surface area contributed by atoms with Crippen molar-refractivity contribution in [3.63, 3.8) is 0 Å². The minimum Gasteiger partial charge on any atom is -0.425 e. The Morgan fingerprint density at radius 2 is 1.95 bits per heavy atom. The van der Waals surface area contributed by atoms with Crippen LogP contribution in [0.25, 0.3) is 0 Å². The number of nitrogens with zero attached hydrogens (tertiary/aromatic N) is 1. The van der Waals surface area contributed by atoms with E-state index in [2.05, 4.69) is 0 Å². The summed E-state index contributed by atoms with van der Waals surface area (Å²) in [5.41, 5.74) is 10.9. The molecule has 0 radical (unpaired) electrons. The molecule has 0 saturated carbocycles. The Bertz CT molecular complexity index is 433. The maximum Gasteiger partial charge on any atom is 0.328 e. The highest BCUT2D eigenvalue weighted by atomic mass is 16.6. The molecule has 1 atom stereocenters. The fraction of sp³-hybridized carbons (Fsp3) is 0.417. The first-order chi connectivity index (χ1) is 9.04. The van der Waals surface area contributed by atoms with Gasteiger partial charge < -0.3 is 16.2 Å². The van der Waals surface area contributed by atoms with Crippen molar-refractivity contribution < 1.29 is 14.5 Å². The molecule has 1 rings (SSSR count). The van der Waals surface area contributed by atoms with Crippen molar-refractivity contribution in [2.75, 3.05) is 6.54 Å². The summed E-state index contributed by atoms with van der Waals surface area (Å²) in [5, 5.41) is 10.5. The largest absolute Gasteiger partial charge is 0.425 e. The molecule has 1 unspecified atom stereocenters. The number of benzene rings is 1. The minimum atomic E-state index is -0.707. The molecule has 4 N–H and O–H groups in total. The summed E-state index contributed by atoms with van der Waals surface area (Å²) in [6, 6.07) is 4.55. The van der Waals surface area contributed by atoms with Crippen LogP contribution in [-0.2, 0) is 4.79 Å². The van der Waals surface area contributed by atoms with Gasteiger partial charge in [0.05, 0.1) is 4.92 Å². The fourth-order valence-electron chi connectivity index (χ4n) is 1.45. The van der Waals surface area contributed by atoms with E-state index in [1.54, 1.807) is 0 Å². The molecule has 0 aliphatic carbocycles. The van der Waals surface area contributed by atoms with E-state index in [-0.39, 0.29) is 11.4 Å². The second-order valence-electron chi connectivity index (χ2n) is 4.06. The number of nitrogens with two attached hydrogens (primary N) is 2. The second kappa shape index (κ2) is 7.45. The number of esters is 1. The molecule has 0 amide bonds. The molecule has 1 aromatic carbocycles. The molecule has 0 aliphatic heterocycles. The van der Waals surface area contributed by atoms with Crippen molar-refractivity contribution in [2.45, 2.75) is 25.3 Å². The summed E-state index contributed by atoms with van der Waals surface area (Å²) in [5.74, 6) is -0.309. The standard InChI is InChI=1S/C12H17N3O4/c13-8-2-1-3-11(14)12(16)19-10-6-4-9(5-7-10)15(17)18/h4-7,11H,1-3,8,13-14H2. The number of hydrogen-bond acceptors (Lipinski definition) is 6. The lowest BCUT2D eigenvalue weighted by molar-refractivity contribution is -0.384. The highest BCUT2D eigenvalue weighted by Gasteiger charge is 2.16. The molecule has 19 heavy (non-hydrogen) atoms. The van der Waals surface area contributed by atoms with Crippen LogP contribution in [0.1, 0.15) is 19.3 Å². The van der Waals surface area contributed by atoms with Crippen LogP contribution in [-0.4, -0.2) is 23.5 Å². The third-order valence-corrected chi connectivity index (χ3v) is 2.54. The lowest BCUT2D eigenvalue weighted by Gasteiger charge is -2.10. The van der Waals surface area contributed by atoms with Crippen LogP contribution in [0, 0.1) is 10.1 Å². The number of carbonyl (C=O) groups excluding carboxylic acids is 1. The average molecular weight is 267 g/mol. The summed E-state index contributed by atoms with van der Waals surface area (Å²) >= 11 is 0. The molecule has 7 heteroatoms. The Kier molecular flexibility index (Phi) is 5.91. The predicted molar refractivity (Wildman–Crippen MR) is 69.6 cm³/mol. The predicted octanol–water partition coefficient (Wildman–Crippen LogP) is 0.957. The number of rotatable bonds is 7. The van der Waals surface area contributed by atoms with Crippen molar-refractivity contribution in [3.8, 4) is 5.75 Å². The van der Waals surface area contributed by atoms with E-state index in [1.165, 1.54) is 24.3 Å². The van der Waals surface area contributed by atoms with Crippen molar-refractivity contribution >= 4 is 11.7 Å². The molecule has 0 aliphatic rings. The highest BCUT2D eigenvalue weighted by Crippen LogP contribution is 2.17. The zero-order valence-electron chi connectivity index (χ0n) is 10.5. The van der Waals surface area contributed by atoms with Gasteiger partial charge in [-0.1, -0.05) is 6.42 Å². The maximum absolute atomic E-state index is 11.6. The Morgan fingerprint density at radius 1 is 1.32 bits per heavy atom. The molecule has 0 bridgehead atoms. The molecule has 1 aromatic rings. The molecule has 0 fully saturated rings. The topological polar surface area (TPSA) is 121 Å². The number of non-ortho nitro benzene ring substituents is 1. The molecule has 7 nitrogen and oxygen atoms in total. The van der Waals surface area contributed by atoms with E-state index in [0.29, 0.717) is 13.0 Å². The first-order valence-electron chi connectivity index (χ1n) is 5.96. The number of unbranched alkanes of at least 4 members (excludes halogenated alkanes) is 1. The van der Waals surface area contributed by atoms with E-state index in [0.717, 1.165) is 12.8 Å². The van der Waals surface area contributed by atoms with Crippen molar-refractivity contribution in [3.05, 3.63) is 34.4 Å². The average Bonchev–Trinajstić information content (AvgIpc) is 2.39. The number of ether oxygens (including phenoxy) is 1. The quantitative estimate of drug-likeness (QED) is 0.249. The fourth-order valence-corrected chi connectivity index (χ4v) is 1.45. The first-order valence-corrected chi connectivity index (χ1v) is 5.96. The summed E-state index contributed by atoms with van der Waals surface area (Å²) in [7, 11) is 0. The van der Waals surface area contributed by atoms with E-state index >= 15 is 0 Å². The van der Waals surface area contributed by atoms with Crippen LogP contribution in [0.4, 0.5) is 5.69 Å². The maximum atomic E-state index is 11.6. The Morgan fingerprint density at radius 3 is 2.47 bits per heavy atom. The van der Waals surface area contributed by atoms with Crippen LogP contribution < -0.4 is 16.2 Å². The highest BCUT2D eigenvalue weighted by molar-refractivity contribution is 5.77. The lowest BCUT2D eigenvalue weighted by Crippen LogP contribution is -2.34. The molecule has 0 aromatic heterocycles. The molecule has 0 spiro atoms. The van der Waals surface area contributed by atoms with Gasteiger partial charge in [-0.15, -0.1) is 0 Å². The Hall–Kier alpha value is -1.99. The van der Waals surface area contributed by atoms with E-state index in [9.17, 15) is 14.9 Å². The van der Waals surface area contributed by atoms with Gasteiger partial charge >= 0.3 is 5.97 Å². The van der Waals surface area contributed by atoms with Crippen molar-refractivity contribution in [1.82, 2.24) is 0 Å². The molecule has 0 saturated heterocycles. The first kappa shape index (κ1) is 15.1. The number of nitro benzene ring substituents is 1. The summed E-state index contributed by atoms with van der Waals surface area (Å²) in [6.45, 7) is 0.560. The van der Waals surface area contributed by atoms with Gasteiger partial charge in [-0.05, 0) is 31.5 Å². The molecule has 104 valence electrons. The Labute approximate surface area is 110 Å². The zero-order valence-corrected chi connectivity index (χ0v) is 10.5. The van der Waals surface area contributed by atoms with E-state index < -0.39 is 16.9 Å². The number of carbonyl (C=O) groups is 1. The van der Waals surface area contributed by atoms with Gasteiger partial charge in [-0.25, -0.2) is 4.79 Å². The molecular weight excluding hydrogens is 250 g/mol. The molecule has 0 heterocycles.